The number of benzene rings is 6. The highest BCUT2D eigenvalue weighted by Crippen LogP contribution is 2.40. The van der Waals surface area contributed by atoms with Gasteiger partial charge in [0, 0.05) is 57.8 Å². The number of para-hydroxylation sites is 2. The molecule has 0 saturated heterocycles. The summed E-state index contributed by atoms with van der Waals surface area (Å²) in [4.78, 5) is 8.72. The van der Waals surface area contributed by atoms with Crippen LogP contribution in [0.5, 0.6) is 23.0 Å². The summed E-state index contributed by atoms with van der Waals surface area (Å²) >= 11 is 0. The molecule has 0 unspecified atom stereocenters. The van der Waals surface area contributed by atoms with E-state index in [0.717, 1.165) is 78.5 Å². The second kappa shape index (κ2) is 11.3. The van der Waals surface area contributed by atoms with Gasteiger partial charge in [-0.25, -0.2) is 0 Å². The van der Waals surface area contributed by atoms with Crippen molar-refractivity contribution < 1.29 is 9.47 Å². The van der Waals surface area contributed by atoms with Crippen LogP contribution in [0.15, 0.2) is 170 Å². The van der Waals surface area contributed by atoms with Crippen LogP contribution < -0.4 is 25.9 Å². The molecular weight excluding hydrogens is 637 g/mol. The molecule has 0 aliphatic carbocycles. The van der Waals surface area contributed by atoms with Gasteiger partial charge in [0.15, 0.2) is 0 Å². The molecule has 5 heterocycles. The van der Waals surface area contributed by atoms with Crippen molar-refractivity contribution in [3.05, 3.63) is 170 Å². The third-order valence-electron chi connectivity index (χ3n) is 10.5. The van der Waals surface area contributed by atoms with E-state index in [1.54, 1.807) is 12.4 Å². The monoisotopic (exact) mass is 665 g/mol. The molecule has 6 aromatic carbocycles. The molecule has 52 heavy (non-hydrogen) atoms. The summed E-state index contributed by atoms with van der Waals surface area (Å²) in [7, 11) is 0. The summed E-state index contributed by atoms with van der Waals surface area (Å²) in [5.74, 6) is 3.30. The van der Waals surface area contributed by atoms with E-state index in [1.165, 1.54) is 21.8 Å². The lowest BCUT2D eigenvalue weighted by Gasteiger charge is -2.33. The second-order valence-corrected chi connectivity index (χ2v) is 13.4. The standard InChI is InChI=1S/C46H28BN3O2/c1-3-11-40-36(9-1)37-10-2-4-12-41(37)50(40)35-17-13-29(14-18-35)34-25-44-46-45(26-34)52-43-24-31(33-8-6-22-49-28-33)16-20-39(43)47(46)38-19-15-30(23-42(38)51-44)32-7-5-21-48-27-32/h1-28H. The third kappa shape index (κ3) is 4.44. The number of ether oxygens (including phenoxy) is 2. The van der Waals surface area contributed by atoms with E-state index >= 15 is 0 Å². The van der Waals surface area contributed by atoms with Gasteiger partial charge in [0.2, 0.25) is 0 Å². The molecule has 2 aliphatic rings. The Bertz CT molecular complexity index is 2680. The number of rotatable bonds is 4. The largest absolute Gasteiger partial charge is 0.458 e. The molecule has 0 saturated carbocycles. The minimum Gasteiger partial charge on any atom is -0.458 e. The van der Waals surface area contributed by atoms with Gasteiger partial charge in [-0.3, -0.25) is 9.97 Å². The van der Waals surface area contributed by atoms with Gasteiger partial charge >= 0.3 is 0 Å². The van der Waals surface area contributed by atoms with Gasteiger partial charge in [0.1, 0.15) is 23.0 Å². The van der Waals surface area contributed by atoms with Crippen LogP contribution in [0.1, 0.15) is 0 Å². The number of hydrogen-bond acceptors (Lipinski definition) is 4. The van der Waals surface area contributed by atoms with Gasteiger partial charge in [-0.1, -0.05) is 84.9 Å². The molecule has 3 aromatic heterocycles. The van der Waals surface area contributed by atoms with Crippen LogP contribution in [0.3, 0.4) is 0 Å². The molecule has 5 nitrogen and oxygen atoms in total. The number of fused-ring (bicyclic) bond motifs is 7. The lowest BCUT2D eigenvalue weighted by molar-refractivity contribution is 0.465. The van der Waals surface area contributed by atoms with Crippen LogP contribution >= 0.6 is 0 Å². The first-order valence-corrected chi connectivity index (χ1v) is 17.5. The molecule has 2 aliphatic heterocycles. The molecule has 0 fully saturated rings. The van der Waals surface area contributed by atoms with Gasteiger partial charge in [0.25, 0.3) is 6.71 Å². The Morgan fingerprint density at radius 1 is 0.423 bits per heavy atom. The topological polar surface area (TPSA) is 49.2 Å². The van der Waals surface area contributed by atoms with Gasteiger partial charge in [-0.05, 0) is 93.8 Å². The van der Waals surface area contributed by atoms with Crippen LogP contribution in [0.25, 0.3) is 60.9 Å². The van der Waals surface area contributed by atoms with Crippen molar-refractivity contribution in [2.24, 2.45) is 0 Å². The average molecular weight is 666 g/mol. The van der Waals surface area contributed by atoms with Crippen molar-refractivity contribution in [3.63, 3.8) is 0 Å². The van der Waals surface area contributed by atoms with Crippen LogP contribution in [0.2, 0.25) is 0 Å². The molecule has 6 heteroatoms. The highest BCUT2D eigenvalue weighted by Gasteiger charge is 2.40. The van der Waals surface area contributed by atoms with Crippen LogP contribution in [-0.2, 0) is 0 Å². The highest BCUT2D eigenvalue weighted by atomic mass is 16.5. The maximum atomic E-state index is 6.82. The zero-order valence-electron chi connectivity index (χ0n) is 27.9. The first-order chi connectivity index (χ1) is 25.8. The SMILES string of the molecule is c1cncc(-c2ccc3c(c2)Oc2cc(-c4ccc(-n5c6ccccc6c6ccccc65)cc4)cc4c2B3c2ccc(-c3cccnc3)cc2O4)c1. The van der Waals surface area contributed by atoms with E-state index in [1.807, 2.05) is 24.5 Å². The van der Waals surface area contributed by atoms with E-state index in [-0.39, 0.29) is 6.71 Å². The van der Waals surface area contributed by atoms with Crippen molar-refractivity contribution in [1.82, 2.24) is 14.5 Å². The zero-order valence-corrected chi connectivity index (χ0v) is 27.9. The normalized spacial score (nSPS) is 12.5. The molecule has 0 atom stereocenters. The van der Waals surface area contributed by atoms with Crippen molar-refractivity contribution in [3.8, 4) is 62.1 Å². The molecule has 9 aromatic rings. The fraction of sp³-hybridized carbons (Fsp3) is 0. The molecular formula is C46H28BN3O2. The predicted octanol–water partition coefficient (Wildman–Crippen LogP) is 9.30. The van der Waals surface area contributed by atoms with Crippen molar-refractivity contribution >= 4 is 44.9 Å². The summed E-state index contributed by atoms with van der Waals surface area (Å²) in [5, 5.41) is 2.50. The number of hydrogen-bond donors (Lipinski definition) is 0. The quantitative estimate of drug-likeness (QED) is 0.176. The van der Waals surface area contributed by atoms with Crippen LogP contribution in [-0.4, -0.2) is 21.2 Å². The fourth-order valence-corrected chi connectivity index (χ4v) is 8.09. The van der Waals surface area contributed by atoms with E-state index < -0.39 is 0 Å². The second-order valence-electron chi connectivity index (χ2n) is 13.4. The minimum absolute atomic E-state index is 0.0462. The maximum absolute atomic E-state index is 6.82. The summed E-state index contributed by atoms with van der Waals surface area (Å²) in [6.07, 6.45) is 7.38. The highest BCUT2D eigenvalue weighted by molar-refractivity contribution is 6.98. The Kier molecular flexibility index (Phi) is 6.28. The summed E-state index contributed by atoms with van der Waals surface area (Å²) < 4.78 is 16.0. The van der Waals surface area contributed by atoms with Crippen molar-refractivity contribution in [2.75, 3.05) is 0 Å². The first kappa shape index (κ1) is 28.9. The summed E-state index contributed by atoms with van der Waals surface area (Å²) in [6.45, 7) is -0.0462. The molecule has 11 rings (SSSR count). The predicted molar refractivity (Wildman–Crippen MR) is 210 cm³/mol. The Morgan fingerprint density at radius 3 is 1.44 bits per heavy atom. The number of nitrogens with zero attached hydrogens (tertiary/aromatic N) is 3. The molecule has 0 spiro atoms. The maximum Gasteiger partial charge on any atom is 0.260 e. The van der Waals surface area contributed by atoms with E-state index in [9.17, 15) is 0 Å². The van der Waals surface area contributed by atoms with E-state index in [2.05, 4.69) is 148 Å². The Labute approximate surface area is 300 Å². The third-order valence-corrected chi connectivity index (χ3v) is 10.5. The Balaban J connectivity index is 1.05. The average Bonchev–Trinajstić information content (AvgIpc) is 3.55. The lowest BCUT2D eigenvalue weighted by Crippen LogP contribution is -2.57. The smallest absolute Gasteiger partial charge is 0.260 e. The van der Waals surface area contributed by atoms with E-state index in [4.69, 9.17) is 9.47 Å². The van der Waals surface area contributed by atoms with Gasteiger partial charge in [-0.2, -0.15) is 0 Å². The lowest BCUT2D eigenvalue weighted by atomic mass is 9.34. The van der Waals surface area contributed by atoms with Gasteiger partial charge < -0.3 is 14.0 Å². The minimum atomic E-state index is -0.0462. The van der Waals surface area contributed by atoms with Crippen LogP contribution in [0.4, 0.5) is 0 Å². The molecule has 0 amide bonds. The molecule has 0 bridgehead atoms. The molecule has 0 radical (unpaired) electrons. The summed E-state index contributed by atoms with van der Waals surface area (Å²) in [6, 6.07) is 51.4. The van der Waals surface area contributed by atoms with Crippen LogP contribution in [0, 0.1) is 0 Å². The first-order valence-electron chi connectivity index (χ1n) is 17.5. The van der Waals surface area contributed by atoms with Gasteiger partial charge in [0.05, 0.1) is 11.0 Å². The van der Waals surface area contributed by atoms with Crippen molar-refractivity contribution in [2.45, 2.75) is 0 Å². The molecule has 0 N–H and O–H groups in total. The zero-order chi connectivity index (χ0) is 34.2. The van der Waals surface area contributed by atoms with Gasteiger partial charge in [-0.15, -0.1) is 0 Å². The fourth-order valence-electron chi connectivity index (χ4n) is 8.09. The molecule has 242 valence electrons. The summed E-state index contributed by atoms with van der Waals surface area (Å²) in [5.41, 5.74) is 13.1. The Morgan fingerprint density at radius 2 is 0.923 bits per heavy atom. The van der Waals surface area contributed by atoms with Crippen molar-refractivity contribution in [1.29, 1.82) is 0 Å². The Hall–Kier alpha value is -6.92. The van der Waals surface area contributed by atoms with E-state index in [0.29, 0.717) is 0 Å². The number of pyridine rings is 2. The number of aromatic nitrogens is 3.